The molecule has 1 fully saturated rings. The molecule has 0 spiro atoms. The van der Waals surface area contributed by atoms with E-state index in [0.29, 0.717) is 5.76 Å². The van der Waals surface area contributed by atoms with Gasteiger partial charge in [0.05, 0.1) is 6.10 Å². The molecule has 0 amide bonds. The Morgan fingerprint density at radius 1 is 1.24 bits per heavy atom. The first kappa shape index (κ1) is 12.0. The second-order valence-electron chi connectivity index (χ2n) is 4.73. The lowest BCUT2D eigenvalue weighted by Crippen LogP contribution is -2.31. The second kappa shape index (κ2) is 4.78. The maximum atomic E-state index is 12.0. The maximum absolute atomic E-state index is 12.0. The normalized spacial score (nSPS) is 33.1. The fourth-order valence-electron chi connectivity index (χ4n) is 2.16. The summed E-state index contributed by atoms with van der Waals surface area (Å²) in [6.07, 6.45) is 8.31. The van der Waals surface area contributed by atoms with Gasteiger partial charge in [0.1, 0.15) is 17.8 Å². The minimum absolute atomic E-state index is 0.0621. The number of hydrogen-bond acceptors (Lipinski definition) is 3. The molecule has 0 aromatic carbocycles. The van der Waals surface area contributed by atoms with Crippen LogP contribution in [0.3, 0.4) is 0 Å². The van der Waals surface area contributed by atoms with E-state index in [-0.39, 0.29) is 18.2 Å². The number of allylic oxidation sites excluding steroid dienone is 4. The minimum atomic E-state index is -0.407. The van der Waals surface area contributed by atoms with Crippen LogP contribution in [0.1, 0.15) is 27.2 Å². The summed E-state index contributed by atoms with van der Waals surface area (Å²) in [6.45, 7) is 5.86. The van der Waals surface area contributed by atoms with E-state index in [1.54, 1.807) is 0 Å². The molecule has 1 heterocycles. The van der Waals surface area contributed by atoms with Crippen molar-refractivity contribution in [2.75, 3.05) is 0 Å². The van der Waals surface area contributed by atoms with Gasteiger partial charge in [-0.05, 0) is 26.8 Å². The van der Waals surface area contributed by atoms with Crippen molar-refractivity contribution < 1.29 is 14.3 Å². The zero-order valence-corrected chi connectivity index (χ0v) is 10.5. The molecule has 3 heteroatoms. The zero-order chi connectivity index (χ0) is 12.4. The molecule has 1 saturated heterocycles. The van der Waals surface area contributed by atoms with Crippen LogP contribution in [-0.2, 0) is 14.3 Å². The lowest BCUT2D eigenvalue weighted by molar-refractivity contribution is -0.155. The summed E-state index contributed by atoms with van der Waals surface area (Å²) < 4.78 is 11.2. The highest BCUT2D eigenvalue weighted by Gasteiger charge is 2.30. The lowest BCUT2D eigenvalue weighted by atomic mass is 10.0. The average Bonchev–Trinajstić information content (AvgIpc) is 2.39. The molecule has 92 valence electrons. The fourth-order valence-corrected chi connectivity index (χ4v) is 2.16. The monoisotopic (exact) mass is 234 g/mol. The Balaban J connectivity index is 2.32. The Morgan fingerprint density at radius 2 is 1.94 bits per heavy atom. The Labute approximate surface area is 102 Å². The van der Waals surface area contributed by atoms with Gasteiger partial charge < -0.3 is 9.47 Å². The molecule has 3 nitrogen and oxygen atoms in total. The van der Waals surface area contributed by atoms with Crippen LogP contribution in [0.2, 0.25) is 0 Å². The van der Waals surface area contributed by atoms with Crippen LogP contribution in [0.5, 0.6) is 0 Å². The third-order valence-electron chi connectivity index (χ3n) is 2.93. The van der Waals surface area contributed by atoms with Crippen molar-refractivity contribution in [1.29, 1.82) is 0 Å². The van der Waals surface area contributed by atoms with E-state index in [9.17, 15) is 4.79 Å². The van der Waals surface area contributed by atoms with Gasteiger partial charge in [-0.2, -0.15) is 0 Å². The number of esters is 1. The first-order valence-electron chi connectivity index (χ1n) is 6.00. The topological polar surface area (TPSA) is 35.5 Å². The Hall–Kier alpha value is -1.51. The van der Waals surface area contributed by atoms with Gasteiger partial charge in [0.15, 0.2) is 0 Å². The van der Waals surface area contributed by atoms with E-state index in [2.05, 4.69) is 0 Å². The van der Waals surface area contributed by atoms with Crippen molar-refractivity contribution in [2.45, 2.75) is 39.4 Å². The van der Waals surface area contributed by atoms with Gasteiger partial charge in [-0.3, -0.25) is 4.79 Å². The van der Waals surface area contributed by atoms with E-state index >= 15 is 0 Å². The summed E-state index contributed by atoms with van der Waals surface area (Å²) in [5, 5.41) is 0. The molecule has 0 aromatic rings. The highest BCUT2D eigenvalue weighted by Crippen LogP contribution is 2.27. The molecule has 2 rings (SSSR count). The van der Waals surface area contributed by atoms with Crippen LogP contribution in [0.25, 0.3) is 0 Å². The van der Waals surface area contributed by atoms with Gasteiger partial charge in [0.2, 0.25) is 0 Å². The van der Waals surface area contributed by atoms with Crippen LogP contribution < -0.4 is 0 Å². The molecule has 3 unspecified atom stereocenters. The van der Waals surface area contributed by atoms with Gasteiger partial charge in [-0.15, -0.1) is 0 Å². The summed E-state index contributed by atoms with van der Waals surface area (Å²) in [5.41, 5.74) is 1.04. The number of fused-ring (bicyclic) bond motifs is 1. The van der Waals surface area contributed by atoms with Gasteiger partial charge >= 0.3 is 5.97 Å². The van der Waals surface area contributed by atoms with Crippen LogP contribution in [0.4, 0.5) is 0 Å². The van der Waals surface area contributed by atoms with Gasteiger partial charge in [-0.25, -0.2) is 0 Å². The van der Waals surface area contributed by atoms with E-state index < -0.39 is 5.92 Å². The number of hydrogen-bond donors (Lipinski definition) is 0. The van der Waals surface area contributed by atoms with Crippen LogP contribution >= 0.6 is 0 Å². The number of rotatable bonds is 0. The average molecular weight is 234 g/mol. The standard InChI is InChI=1S/C14H18O3/c1-9-5-4-6-13-12(7-9)14(15)17-11(3)8-10(2)16-13/h4-7,10-12H,8H2,1-3H3. The summed E-state index contributed by atoms with van der Waals surface area (Å²) in [7, 11) is 0. The molecule has 0 saturated carbocycles. The molecule has 2 aliphatic rings. The Morgan fingerprint density at radius 3 is 2.71 bits per heavy atom. The number of carbonyl (C=O) groups excluding carboxylic acids is 1. The number of cyclic esters (lactones) is 1. The Bertz CT molecular complexity index is 404. The largest absolute Gasteiger partial charge is 0.494 e. The van der Waals surface area contributed by atoms with E-state index in [1.165, 1.54) is 0 Å². The Kier molecular flexibility index (Phi) is 3.36. The molecular formula is C14H18O3. The van der Waals surface area contributed by atoms with Gasteiger partial charge in [0, 0.05) is 6.42 Å². The van der Waals surface area contributed by atoms with Crippen LogP contribution in [0.15, 0.2) is 35.6 Å². The zero-order valence-electron chi connectivity index (χ0n) is 10.5. The molecule has 17 heavy (non-hydrogen) atoms. The summed E-state index contributed by atoms with van der Waals surface area (Å²) in [4.78, 5) is 12.0. The molecule has 0 radical (unpaired) electrons. The minimum Gasteiger partial charge on any atom is -0.494 e. The van der Waals surface area contributed by atoms with Crippen molar-refractivity contribution in [2.24, 2.45) is 5.92 Å². The molecule has 3 atom stereocenters. The van der Waals surface area contributed by atoms with Crippen molar-refractivity contribution >= 4 is 5.97 Å². The maximum Gasteiger partial charge on any atom is 0.320 e. The van der Waals surface area contributed by atoms with Crippen LogP contribution in [0, 0.1) is 5.92 Å². The molecule has 0 N–H and O–H groups in total. The number of ether oxygens (including phenoxy) is 2. The van der Waals surface area contributed by atoms with Crippen molar-refractivity contribution in [1.82, 2.24) is 0 Å². The summed E-state index contributed by atoms with van der Waals surface area (Å²) in [5.74, 6) is 0.0522. The van der Waals surface area contributed by atoms with E-state index in [4.69, 9.17) is 9.47 Å². The fraction of sp³-hybridized carbons (Fsp3) is 0.500. The smallest absolute Gasteiger partial charge is 0.320 e. The predicted octanol–water partition coefficient (Wildman–Crippen LogP) is 2.74. The number of carbonyl (C=O) groups is 1. The first-order valence-corrected chi connectivity index (χ1v) is 6.00. The SMILES string of the molecule is CC1=CC2C(=O)OC(C)CC(C)OC2=CC=C1. The highest BCUT2D eigenvalue weighted by atomic mass is 16.6. The van der Waals surface area contributed by atoms with Crippen LogP contribution in [-0.4, -0.2) is 18.2 Å². The third-order valence-corrected chi connectivity index (χ3v) is 2.93. The third kappa shape index (κ3) is 2.78. The molecular weight excluding hydrogens is 216 g/mol. The lowest BCUT2D eigenvalue weighted by Gasteiger charge is -2.28. The first-order chi connectivity index (χ1) is 8.06. The van der Waals surface area contributed by atoms with Crippen molar-refractivity contribution in [3.63, 3.8) is 0 Å². The van der Waals surface area contributed by atoms with E-state index in [1.807, 2.05) is 45.1 Å². The van der Waals surface area contributed by atoms with Gasteiger partial charge in [-0.1, -0.05) is 23.8 Å². The highest BCUT2D eigenvalue weighted by molar-refractivity contribution is 5.78. The molecule has 1 aliphatic heterocycles. The quantitative estimate of drug-likeness (QED) is 0.604. The van der Waals surface area contributed by atoms with Crippen molar-refractivity contribution in [3.05, 3.63) is 35.6 Å². The van der Waals surface area contributed by atoms with Gasteiger partial charge in [0.25, 0.3) is 0 Å². The summed E-state index contributed by atoms with van der Waals surface area (Å²) in [6, 6.07) is 0. The summed E-state index contributed by atoms with van der Waals surface area (Å²) >= 11 is 0. The molecule has 0 aromatic heterocycles. The van der Waals surface area contributed by atoms with E-state index in [0.717, 1.165) is 12.0 Å². The molecule has 0 bridgehead atoms. The molecule has 1 aliphatic carbocycles. The predicted molar refractivity (Wildman–Crippen MR) is 65.2 cm³/mol. The van der Waals surface area contributed by atoms with Crippen molar-refractivity contribution in [3.8, 4) is 0 Å². The second-order valence-corrected chi connectivity index (χ2v) is 4.73.